The lowest BCUT2D eigenvalue weighted by atomic mass is 10.2. The first-order chi connectivity index (χ1) is 9.45. The van der Waals surface area contributed by atoms with E-state index in [9.17, 15) is 9.59 Å². The van der Waals surface area contributed by atoms with Crippen molar-refractivity contribution in [2.75, 3.05) is 5.32 Å². The van der Waals surface area contributed by atoms with Gasteiger partial charge in [0.1, 0.15) is 0 Å². The zero-order chi connectivity index (χ0) is 14.7. The lowest BCUT2D eigenvalue weighted by Crippen LogP contribution is -2.15. The Bertz CT molecular complexity index is 669. The van der Waals surface area contributed by atoms with Crippen molar-refractivity contribution in [3.63, 3.8) is 0 Å². The maximum atomic E-state index is 11.9. The normalized spacial score (nSPS) is 10.3. The van der Waals surface area contributed by atoms with E-state index in [0.717, 1.165) is 5.01 Å². The van der Waals surface area contributed by atoms with Crippen LogP contribution in [0.2, 0.25) is 0 Å². The Hall–Kier alpha value is -1.73. The summed E-state index contributed by atoms with van der Waals surface area (Å²) in [5, 5.41) is 14.3. The molecule has 2 aromatic rings. The maximum Gasteiger partial charge on any atom is 0.335 e. The topological polar surface area (TPSA) is 79.3 Å². The fourth-order valence-corrected chi connectivity index (χ4v) is 2.56. The molecule has 2 rings (SSSR count). The molecule has 2 N–H and O–H groups in total. The largest absolute Gasteiger partial charge is 0.478 e. The summed E-state index contributed by atoms with van der Waals surface area (Å²) >= 11 is 4.76. The molecule has 1 aromatic carbocycles. The van der Waals surface area contributed by atoms with Crippen molar-refractivity contribution >= 4 is 44.8 Å². The van der Waals surface area contributed by atoms with E-state index >= 15 is 0 Å². The van der Waals surface area contributed by atoms with Crippen LogP contribution in [0.1, 0.15) is 21.1 Å². The van der Waals surface area contributed by atoms with Crippen molar-refractivity contribution in [1.29, 1.82) is 0 Å². The number of aromatic carboxylic acids is 1. The van der Waals surface area contributed by atoms with Gasteiger partial charge in [0, 0.05) is 9.85 Å². The number of nitrogens with one attached hydrogen (secondary N) is 1. The van der Waals surface area contributed by atoms with Crippen LogP contribution in [-0.4, -0.2) is 22.0 Å². The van der Waals surface area contributed by atoms with Gasteiger partial charge in [0.15, 0.2) is 0 Å². The lowest BCUT2D eigenvalue weighted by molar-refractivity contribution is -0.115. The molecule has 0 radical (unpaired) electrons. The van der Waals surface area contributed by atoms with Gasteiger partial charge >= 0.3 is 5.97 Å². The number of hydrogen-bond donors (Lipinski definition) is 2. The third-order valence-electron chi connectivity index (χ3n) is 2.50. The Morgan fingerprint density at radius 3 is 2.80 bits per heavy atom. The SMILES string of the molecule is Cc1nc(CC(=O)Nc2cc(C(=O)O)ccc2Br)cs1. The quantitative estimate of drug-likeness (QED) is 0.883. The number of benzene rings is 1. The van der Waals surface area contributed by atoms with Crippen LogP contribution in [0.15, 0.2) is 28.1 Å². The predicted octanol–water partition coefficient (Wildman–Crippen LogP) is 3.09. The third kappa shape index (κ3) is 3.64. The van der Waals surface area contributed by atoms with Gasteiger partial charge in [-0.2, -0.15) is 0 Å². The fourth-order valence-electron chi connectivity index (χ4n) is 1.60. The summed E-state index contributed by atoms with van der Waals surface area (Å²) in [5.41, 5.74) is 1.25. The van der Waals surface area contributed by atoms with Crippen molar-refractivity contribution in [3.05, 3.63) is 44.3 Å². The van der Waals surface area contributed by atoms with Gasteiger partial charge in [-0.1, -0.05) is 0 Å². The summed E-state index contributed by atoms with van der Waals surface area (Å²) in [5.74, 6) is -1.28. The number of carbonyl (C=O) groups excluding carboxylic acids is 1. The number of carboxylic acid groups (broad SMARTS) is 1. The molecule has 0 atom stereocenters. The van der Waals surface area contributed by atoms with Crippen LogP contribution in [-0.2, 0) is 11.2 Å². The zero-order valence-corrected chi connectivity index (χ0v) is 12.9. The van der Waals surface area contributed by atoms with E-state index in [1.165, 1.54) is 23.5 Å². The molecule has 0 aliphatic carbocycles. The minimum atomic E-state index is -1.04. The van der Waals surface area contributed by atoms with Gasteiger partial charge in [-0.05, 0) is 41.1 Å². The maximum absolute atomic E-state index is 11.9. The van der Waals surface area contributed by atoms with Gasteiger partial charge in [-0.3, -0.25) is 4.79 Å². The van der Waals surface area contributed by atoms with Gasteiger partial charge in [0.05, 0.1) is 28.4 Å². The molecule has 0 fully saturated rings. The Labute approximate surface area is 127 Å². The van der Waals surface area contributed by atoms with Gasteiger partial charge in [-0.25, -0.2) is 9.78 Å². The summed E-state index contributed by atoms with van der Waals surface area (Å²) < 4.78 is 0.630. The van der Waals surface area contributed by atoms with Crippen LogP contribution in [0, 0.1) is 6.92 Å². The number of nitrogens with zero attached hydrogens (tertiary/aromatic N) is 1. The number of aryl methyl sites for hydroxylation is 1. The second-order valence-electron chi connectivity index (χ2n) is 4.08. The predicted molar refractivity (Wildman–Crippen MR) is 80.3 cm³/mol. The molecule has 0 saturated heterocycles. The van der Waals surface area contributed by atoms with E-state index < -0.39 is 5.97 Å². The minimum absolute atomic E-state index is 0.119. The van der Waals surface area contributed by atoms with Gasteiger partial charge < -0.3 is 10.4 Å². The number of aromatic nitrogens is 1. The van der Waals surface area contributed by atoms with E-state index in [1.807, 2.05) is 12.3 Å². The molecule has 104 valence electrons. The number of halogens is 1. The molecular formula is C13H11BrN2O3S. The molecule has 5 nitrogen and oxygen atoms in total. The monoisotopic (exact) mass is 354 g/mol. The average molecular weight is 355 g/mol. The average Bonchev–Trinajstić information content (AvgIpc) is 2.77. The molecule has 0 unspecified atom stereocenters. The molecule has 1 heterocycles. The fraction of sp³-hybridized carbons (Fsp3) is 0.154. The highest BCUT2D eigenvalue weighted by Crippen LogP contribution is 2.24. The number of hydrogen-bond acceptors (Lipinski definition) is 4. The summed E-state index contributed by atoms with van der Waals surface area (Å²) in [7, 11) is 0. The second-order valence-corrected chi connectivity index (χ2v) is 6.00. The molecule has 0 aliphatic rings. The zero-order valence-electron chi connectivity index (χ0n) is 10.5. The van der Waals surface area contributed by atoms with Crippen molar-refractivity contribution in [1.82, 2.24) is 4.98 Å². The van der Waals surface area contributed by atoms with E-state index in [1.54, 1.807) is 6.07 Å². The Morgan fingerprint density at radius 2 is 2.20 bits per heavy atom. The second kappa shape index (κ2) is 6.15. The van der Waals surface area contributed by atoms with Crippen molar-refractivity contribution in [2.45, 2.75) is 13.3 Å². The first kappa shape index (κ1) is 14.7. The standard InChI is InChI=1S/C13H11BrN2O3S/c1-7-15-9(6-20-7)5-12(17)16-11-4-8(13(18)19)2-3-10(11)14/h2-4,6H,5H2,1H3,(H,16,17)(H,18,19). The third-order valence-corrected chi connectivity index (χ3v) is 4.01. The highest BCUT2D eigenvalue weighted by atomic mass is 79.9. The van der Waals surface area contributed by atoms with Gasteiger partial charge in [0.2, 0.25) is 5.91 Å². The molecule has 1 amide bonds. The summed E-state index contributed by atoms with van der Waals surface area (Å²) in [6, 6.07) is 4.47. The molecular weight excluding hydrogens is 344 g/mol. The molecule has 0 bridgehead atoms. The molecule has 20 heavy (non-hydrogen) atoms. The van der Waals surface area contributed by atoms with Crippen LogP contribution in [0.25, 0.3) is 0 Å². The Balaban J connectivity index is 2.11. The van der Waals surface area contributed by atoms with Gasteiger partial charge in [-0.15, -0.1) is 11.3 Å². The molecule has 1 aromatic heterocycles. The highest BCUT2D eigenvalue weighted by Gasteiger charge is 2.11. The van der Waals surface area contributed by atoms with Crippen molar-refractivity contribution in [3.8, 4) is 0 Å². The number of thiazole rings is 1. The van der Waals surface area contributed by atoms with E-state index in [-0.39, 0.29) is 17.9 Å². The van der Waals surface area contributed by atoms with Crippen LogP contribution < -0.4 is 5.32 Å². The van der Waals surface area contributed by atoms with Crippen LogP contribution in [0.3, 0.4) is 0 Å². The van der Waals surface area contributed by atoms with E-state index in [2.05, 4.69) is 26.2 Å². The number of amides is 1. The number of carbonyl (C=O) groups is 2. The van der Waals surface area contributed by atoms with Crippen LogP contribution in [0.5, 0.6) is 0 Å². The molecule has 7 heteroatoms. The van der Waals surface area contributed by atoms with Crippen LogP contribution >= 0.6 is 27.3 Å². The van der Waals surface area contributed by atoms with Gasteiger partial charge in [0.25, 0.3) is 0 Å². The first-order valence-corrected chi connectivity index (χ1v) is 7.36. The highest BCUT2D eigenvalue weighted by molar-refractivity contribution is 9.10. The summed E-state index contributed by atoms with van der Waals surface area (Å²) in [4.78, 5) is 27.0. The van der Waals surface area contributed by atoms with Crippen LogP contribution in [0.4, 0.5) is 5.69 Å². The molecule has 0 saturated carbocycles. The number of carboxylic acids is 1. The lowest BCUT2D eigenvalue weighted by Gasteiger charge is -2.07. The van der Waals surface area contributed by atoms with E-state index in [4.69, 9.17) is 5.11 Å². The smallest absolute Gasteiger partial charge is 0.335 e. The number of rotatable bonds is 4. The molecule has 0 spiro atoms. The molecule has 0 aliphatic heterocycles. The van der Waals surface area contributed by atoms with E-state index in [0.29, 0.717) is 15.9 Å². The minimum Gasteiger partial charge on any atom is -0.478 e. The van der Waals surface area contributed by atoms with Crippen molar-refractivity contribution in [2.24, 2.45) is 0 Å². The Kier molecular flexibility index (Phi) is 4.51. The number of anilines is 1. The summed E-state index contributed by atoms with van der Waals surface area (Å²) in [6.07, 6.45) is 0.161. The Morgan fingerprint density at radius 1 is 1.45 bits per heavy atom. The van der Waals surface area contributed by atoms with Crippen molar-refractivity contribution < 1.29 is 14.7 Å². The summed E-state index contributed by atoms with van der Waals surface area (Å²) in [6.45, 7) is 1.87. The first-order valence-electron chi connectivity index (χ1n) is 5.69.